The summed E-state index contributed by atoms with van der Waals surface area (Å²) in [5.74, 6) is 2.02. The van der Waals surface area contributed by atoms with E-state index < -0.39 is 0 Å². The Kier molecular flexibility index (Phi) is 9.17. The third-order valence-corrected chi connectivity index (χ3v) is 5.01. The molecule has 2 nitrogen and oxygen atoms in total. The number of benzene rings is 2. The van der Waals surface area contributed by atoms with E-state index in [2.05, 4.69) is 60.1 Å². The molecule has 0 unspecified atom stereocenters. The van der Waals surface area contributed by atoms with Gasteiger partial charge in [0.1, 0.15) is 11.5 Å². The quantitative estimate of drug-likeness (QED) is 0.281. The lowest BCUT2D eigenvalue weighted by molar-refractivity contribution is 0.302. The maximum Gasteiger partial charge on any atom is 0.130 e. The molecule has 138 valence electrons. The Morgan fingerprint density at radius 1 is 0.840 bits per heavy atom. The lowest BCUT2D eigenvalue weighted by atomic mass is 10.0. The molecule has 0 saturated heterocycles. The molecular weight excluding hydrogens is 376 g/mol. The smallest absolute Gasteiger partial charge is 0.130 e. The van der Waals surface area contributed by atoms with E-state index in [1.54, 1.807) is 0 Å². The van der Waals surface area contributed by atoms with Gasteiger partial charge in [-0.1, -0.05) is 79.7 Å². The van der Waals surface area contributed by atoms with Crippen molar-refractivity contribution in [1.82, 2.24) is 0 Å². The molecule has 2 aromatic rings. The topological polar surface area (TPSA) is 18.5 Å². The van der Waals surface area contributed by atoms with E-state index in [0.29, 0.717) is 0 Å². The molecule has 0 amide bonds. The van der Waals surface area contributed by atoms with Gasteiger partial charge >= 0.3 is 0 Å². The second-order valence-corrected chi connectivity index (χ2v) is 7.21. The van der Waals surface area contributed by atoms with Crippen molar-refractivity contribution in [1.29, 1.82) is 0 Å². The summed E-state index contributed by atoms with van der Waals surface area (Å²) in [6, 6.07) is 10.6. The van der Waals surface area contributed by atoms with Gasteiger partial charge in [-0.25, -0.2) is 0 Å². The van der Waals surface area contributed by atoms with Crippen molar-refractivity contribution in [3.8, 4) is 11.5 Å². The second-order valence-electron chi connectivity index (χ2n) is 6.42. The minimum atomic E-state index is 0.732. The van der Waals surface area contributed by atoms with Gasteiger partial charge in [0, 0.05) is 16.1 Å². The van der Waals surface area contributed by atoms with Crippen LogP contribution in [0.1, 0.15) is 57.9 Å². The van der Waals surface area contributed by atoms with E-state index in [9.17, 15) is 0 Å². The fraction of sp³-hybridized carbons (Fsp3) is 0.545. The molecule has 2 aromatic carbocycles. The standard InChI is InChI=1S/C22H31BrO2/c1-3-5-6-7-10-15-25-22-18(4-2)17-21(24-16-11-14-23)19-12-8-9-13-20(19)22/h8-9,12-13,17H,3-7,10-11,14-16H2,1-2H3. The molecule has 0 aromatic heterocycles. The van der Waals surface area contributed by atoms with E-state index in [1.807, 2.05) is 0 Å². The first-order valence-electron chi connectivity index (χ1n) is 9.68. The second kappa shape index (κ2) is 11.4. The fourth-order valence-electron chi connectivity index (χ4n) is 3.04. The average molecular weight is 407 g/mol. The first-order valence-corrected chi connectivity index (χ1v) is 10.8. The van der Waals surface area contributed by atoms with Crippen LogP contribution in [0.25, 0.3) is 10.8 Å². The highest BCUT2D eigenvalue weighted by molar-refractivity contribution is 9.09. The number of rotatable bonds is 12. The Balaban J connectivity index is 2.16. The van der Waals surface area contributed by atoms with Crippen molar-refractivity contribution < 1.29 is 9.47 Å². The minimum Gasteiger partial charge on any atom is -0.493 e. The zero-order valence-electron chi connectivity index (χ0n) is 15.7. The Labute approximate surface area is 161 Å². The Hall–Kier alpha value is -1.22. The van der Waals surface area contributed by atoms with Gasteiger partial charge in [0.05, 0.1) is 13.2 Å². The molecule has 0 atom stereocenters. The Morgan fingerprint density at radius 3 is 2.28 bits per heavy atom. The predicted molar refractivity (Wildman–Crippen MR) is 111 cm³/mol. The normalized spacial score (nSPS) is 11.0. The summed E-state index contributed by atoms with van der Waals surface area (Å²) in [7, 11) is 0. The van der Waals surface area contributed by atoms with Crippen LogP contribution in [0.3, 0.4) is 0 Å². The third-order valence-electron chi connectivity index (χ3n) is 4.44. The number of hydrogen-bond donors (Lipinski definition) is 0. The number of aryl methyl sites for hydroxylation is 1. The van der Waals surface area contributed by atoms with E-state index in [4.69, 9.17) is 9.47 Å². The van der Waals surface area contributed by atoms with Crippen LogP contribution < -0.4 is 9.47 Å². The van der Waals surface area contributed by atoms with Gasteiger partial charge in [-0.2, -0.15) is 0 Å². The summed E-state index contributed by atoms with van der Waals surface area (Å²) in [6.45, 7) is 5.96. The summed E-state index contributed by atoms with van der Waals surface area (Å²) in [6.07, 6.45) is 8.24. The number of halogens is 1. The third kappa shape index (κ3) is 5.91. The van der Waals surface area contributed by atoms with Crippen molar-refractivity contribution in [2.45, 2.75) is 58.8 Å². The molecule has 0 fully saturated rings. The summed E-state index contributed by atoms with van der Waals surface area (Å²) in [5.41, 5.74) is 1.24. The maximum absolute atomic E-state index is 6.24. The van der Waals surface area contributed by atoms with Crippen LogP contribution in [0.5, 0.6) is 11.5 Å². The largest absolute Gasteiger partial charge is 0.493 e. The van der Waals surface area contributed by atoms with Crippen LogP contribution in [0.15, 0.2) is 30.3 Å². The summed E-state index contributed by atoms with van der Waals surface area (Å²) >= 11 is 3.46. The van der Waals surface area contributed by atoms with Gasteiger partial charge in [0.25, 0.3) is 0 Å². The highest BCUT2D eigenvalue weighted by Crippen LogP contribution is 2.37. The molecule has 0 aliphatic rings. The van der Waals surface area contributed by atoms with Crippen molar-refractivity contribution in [3.05, 3.63) is 35.9 Å². The van der Waals surface area contributed by atoms with Gasteiger partial charge in [0.15, 0.2) is 0 Å². The first kappa shape index (κ1) is 20.1. The molecule has 0 spiro atoms. The molecule has 2 rings (SSSR count). The summed E-state index contributed by atoms with van der Waals surface area (Å²) in [4.78, 5) is 0. The van der Waals surface area contributed by atoms with Crippen molar-refractivity contribution in [2.24, 2.45) is 0 Å². The molecule has 25 heavy (non-hydrogen) atoms. The number of ether oxygens (including phenoxy) is 2. The highest BCUT2D eigenvalue weighted by atomic mass is 79.9. The Morgan fingerprint density at radius 2 is 1.56 bits per heavy atom. The fourth-order valence-corrected chi connectivity index (χ4v) is 3.27. The van der Waals surface area contributed by atoms with Crippen molar-refractivity contribution in [3.63, 3.8) is 0 Å². The molecule has 0 aliphatic heterocycles. The number of unbranched alkanes of at least 4 members (excludes halogenated alkanes) is 4. The number of hydrogen-bond acceptors (Lipinski definition) is 2. The monoisotopic (exact) mass is 406 g/mol. The van der Waals surface area contributed by atoms with E-state index in [0.717, 1.165) is 54.7 Å². The number of fused-ring (bicyclic) bond motifs is 1. The lowest BCUT2D eigenvalue weighted by Crippen LogP contribution is -2.03. The van der Waals surface area contributed by atoms with Crippen LogP contribution in [0, 0.1) is 0 Å². The average Bonchev–Trinajstić information content (AvgIpc) is 2.65. The van der Waals surface area contributed by atoms with E-state index >= 15 is 0 Å². The molecule has 0 radical (unpaired) electrons. The van der Waals surface area contributed by atoms with Crippen LogP contribution in [0.4, 0.5) is 0 Å². The van der Waals surface area contributed by atoms with Crippen molar-refractivity contribution in [2.75, 3.05) is 18.5 Å². The van der Waals surface area contributed by atoms with Crippen LogP contribution in [-0.2, 0) is 6.42 Å². The van der Waals surface area contributed by atoms with E-state index in [1.165, 1.54) is 36.6 Å². The van der Waals surface area contributed by atoms with Gasteiger partial charge in [0.2, 0.25) is 0 Å². The number of alkyl halides is 1. The predicted octanol–water partition coefficient (Wildman–Crippen LogP) is 6.92. The summed E-state index contributed by atoms with van der Waals surface area (Å²) < 4.78 is 12.3. The van der Waals surface area contributed by atoms with Gasteiger partial charge in [-0.05, 0) is 30.9 Å². The van der Waals surface area contributed by atoms with Crippen LogP contribution in [0.2, 0.25) is 0 Å². The SMILES string of the molecule is CCCCCCCOc1c(CC)cc(OCCCBr)c2ccccc12. The van der Waals surface area contributed by atoms with Crippen LogP contribution >= 0.6 is 15.9 Å². The van der Waals surface area contributed by atoms with E-state index in [-0.39, 0.29) is 0 Å². The van der Waals surface area contributed by atoms with Gasteiger partial charge in [-0.3, -0.25) is 0 Å². The zero-order chi connectivity index (χ0) is 17.9. The van der Waals surface area contributed by atoms with Gasteiger partial charge in [-0.15, -0.1) is 0 Å². The molecular formula is C22H31BrO2. The molecule has 0 aliphatic carbocycles. The van der Waals surface area contributed by atoms with Crippen LogP contribution in [-0.4, -0.2) is 18.5 Å². The summed E-state index contributed by atoms with van der Waals surface area (Å²) in [5, 5.41) is 3.28. The molecule has 0 N–H and O–H groups in total. The molecule has 3 heteroatoms. The lowest BCUT2D eigenvalue weighted by Gasteiger charge is -2.17. The maximum atomic E-state index is 6.24. The molecule has 0 heterocycles. The minimum absolute atomic E-state index is 0.732. The highest BCUT2D eigenvalue weighted by Gasteiger charge is 2.13. The first-order chi connectivity index (χ1) is 12.3. The zero-order valence-corrected chi connectivity index (χ0v) is 17.2. The Bertz CT molecular complexity index is 639. The van der Waals surface area contributed by atoms with Gasteiger partial charge < -0.3 is 9.47 Å². The van der Waals surface area contributed by atoms with Crippen molar-refractivity contribution >= 4 is 26.7 Å². The molecule has 0 bridgehead atoms. The molecule has 0 saturated carbocycles.